The highest BCUT2D eigenvalue weighted by molar-refractivity contribution is 9.10. The van der Waals surface area contributed by atoms with E-state index in [2.05, 4.69) is 27.1 Å². The Kier molecular flexibility index (Phi) is 4.36. The second-order valence-corrected chi connectivity index (χ2v) is 6.52. The summed E-state index contributed by atoms with van der Waals surface area (Å²) in [5.41, 5.74) is 2.76. The van der Waals surface area contributed by atoms with Gasteiger partial charge in [0.25, 0.3) is 5.91 Å². The van der Waals surface area contributed by atoms with Crippen molar-refractivity contribution < 1.29 is 4.79 Å². The van der Waals surface area contributed by atoms with Gasteiger partial charge in [0.15, 0.2) is 0 Å². The van der Waals surface area contributed by atoms with E-state index < -0.39 is 0 Å². The largest absolute Gasteiger partial charge is 0.306 e. The van der Waals surface area contributed by atoms with E-state index in [0.717, 1.165) is 15.7 Å². The number of hydrogen-bond donors (Lipinski definition) is 0. The van der Waals surface area contributed by atoms with E-state index in [1.165, 1.54) is 0 Å². The number of aromatic nitrogens is 2. The maximum atomic E-state index is 13.0. The first-order chi connectivity index (χ1) is 11.5. The van der Waals surface area contributed by atoms with E-state index in [-0.39, 0.29) is 11.9 Å². The number of carbonyl (C=O) groups is 1. The fraction of sp³-hybridized carbons (Fsp3) is 0.167. The Bertz CT molecular complexity index is 938. The molecule has 3 aromatic rings. The highest BCUT2D eigenvalue weighted by Crippen LogP contribution is 2.23. The molecule has 120 valence electrons. The van der Waals surface area contributed by atoms with Crippen LogP contribution in [0.1, 0.15) is 29.8 Å². The predicted molar refractivity (Wildman–Crippen MR) is 96.0 cm³/mol. The average Bonchev–Trinajstić information content (AvgIpc) is 2.96. The molecule has 0 N–H and O–H groups in total. The number of nitriles is 1. The summed E-state index contributed by atoms with van der Waals surface area (Å²) in [5.74, 6) is -0.0923. The quantitative estimate of drug-likeness (QED) is 0.686. The first-order valence-electron chi connectivity index (χ1n) is 7.48. The first kappa shape index (κ1) is 16.2. The van der Waals surface area contributed by atoms with Crippen molar-refractivity contribution in [3.05, 3.63) is 64.4 Å². The third kappa shape index (κ3) is 2.91. The number of carbonyl (C=O) groups excluding carboxylic acids is 1. The molecular weight excluding hydrogens is 368 g/mol. The molecule has 1 amide bonds. The zero-order valence-corrected chi connectivity index (χ0v) is 14.9. The summed E-state index contributed by atoms with van der Waals surface area (Å²) in [5, 5.41) is 13.1. The second-order valence-electron chi connectivity index (χ2n) is 5.67. The lowest BCUT2D eigenvalue weighted by Crippen LogP contribution is -2.37. The molecule has 24 heavy (non-hydrogen) atoms. The van der Waals surface area contributed by atoms with Gasteiger partial charge >= 0.3 is 0 Å². The minimum atomic E-state index is -0.0923. The third-order valence-electron chi connectivity index (χ3n) is 3.73. The first-order valence-corrected chi connectivity index (χ1v) is 8.27. The molecule has 0 unspecified atom stereocenters. The lowest BCUT2D eigenvalue weighted by molar-refractivity contribution is 0.0980. The number of nitrogens with zero attached hydrogens (tertiary/aromatic N) is 4. The molecule has 0 saturated heterocycles. The summed E-state index contributed by atoms with van der Waals surface area (Å²) >= 11 is 3.44. The number of rotatable bonds is 3. The van der Waals surface area contributed by atoms with Crippen molar-refractivity contribution in [2.24, 2.45) is 0 Å². The molecule has 0 fully saturated rings. The molecule has 0 aliphatic heterocycles. The second kappa shape index (κ2) is 6.46. The summed E-state index contributed by atoms with van der Waals surface area (Å²) in [6.45, 7) is 3.92. The third-order valence-corrected chi connectivity index (χ3v) is 4.34. The predicted octanol–water partition coefficient (Wildman–Crippen LogP) is 4.02. The van der Waals surface area contributed by atoms with Gasteiger partial charge in [0.2, 0.25) is 0 Å². The van der Waals surface area contributed by atoms with Crippen LogP contribution >= 0.6 is 15.9 Å². The van der Waals surface area contributed by atoms with Crippen molar-refractivity contribution >= 4 is 33.0 Å². The Balaban J connectivity index is 2.01. The molecule has 1 aromatic carbocycles. The summed E-state index contributed by atoms with van der Waals surface area (Å²) in [6.07, 6.45) is 3.47. The van der Waals surface area contributed by atoms with Gasteiger partial charge in [-0.05, 0) is 66.2 Å². The molecule has 2 heterocycles. The van der Waals surface area contributed by atoms with Crippen LogP contribution in [0.5, 0.6) is 0 Å². The van der Waals surface area contributed by atoms with Crippen molar-refractivity contribution in [3.8, 4) is 6.07 Å². The average molecular weight is 383 g/mol. The Labute approximate surface area is 148 Å². The summed E-state index contributed by atoms with van der Waals surface area (Å²) in [6, 6.07) is 12.7. The molecule has 5 nitrogen and oxygen atoms in total. The van der Waals surface area contributed by atoms with Crippen molar-refractivity contribution in [2.45, 2.75) is 19.9 Å². The Morgan fingerprint density at radius 3 is 2.62 bits per heavy atom. The number of halogens is 1. The summed E-state index contributed by atoms with van der Waals surface area (Å²) < 4.78 is 2.55. The zero-order valence-electron chi connectivity index (χ0n) is 13.3. The molecule has 0 atom stereocenters. The molecule has 6 heteroatoms. The van der Waals surface area contributed by atoms with Crippen molar-refractivity contribution in [3.63, 3.8) is 0 Å². The molecular formula is C18H15BrN4O. The van der Waals surface area contributed by atoms with E-state index in [1.54, 1.807) is 52.1 Å². The molecule has 0 aliphatic carbocycles. The van der Waals surface area contributed by atoms with Crippen molar-refractivity contribution in [1.82, 2.24) is 9.61 Å². The molecule has 3 rings (SSSR count). The smallest absolute Gasteiger partial charge is 0.258 e. The Morgan fingerprint density at radius 1 is 1.29 bits per heavy atom. The van der Waals surface area contributed by atoms with Gasteiger partial charge in [0, 0.05) is 23.5 Å². The van der Waals surface area contributed by atoms with Crippen molar-refractivity contribution in [2.75, 3.05) is 4.90 Å². The lowest BCUT2D eigenvalue weighted by Gasteiger charge is -2.27. The molecule has 2 aromatic heterocycles. The van der Waals surface area contributed by atoms with Crippen LogP contribution in [0.15, 0.2) is 53.3 Å². The Morgan fingerprint density at radius 2 is 2.00 bits per heavy atom. The van der Waals surface area contributed by atoms with Crippen LogP contribution < -0.4 is 4.90 Å². The van der Waals surface area contributed by atoms with Crippen molar-refractivity contribution in [1.29, 1.82) is 5.26 Å². The van der Waals surface area contributed by atoms with Crippen LogP contribution in [0.4, 0.5) is 5.69 Å². The fourth-order valence-electron chi connectivity index (χ4n) is 2.57. The van der Waals surface area contributed by atoms with Crippen LogP contribution in [-0.4, -0.2) is 21.6 Å². The van der Waals surface area contributed by atoms with Gasteiger partial charge in [0.1, 0.15) is 0 Å². The van der Waals surface area contributed by atoms with Gasteiger partial charge in [-0.15, -0.1) is 0 Å². The molecule has 0 saturated carbocycles. The fourth-order valence-corrected chi connectivity index (χ4v) is 2.96. The zero-order chi connectivity index (χ0) is 17.3. The number of pyridine rings is 1. The standard InChI is InChI=1S/C18H15BrN4O/c1-12(2)23(15-5-3-13(10-20)4-6-15)18(24)14-7-8-22-17(9-14)16(19)11-21-22/h3-9,11-12H,1-2H3. The van der Waals surface area contributed by atoms with Crippen LogP contribution in [0.3, 0.4) is 0 Å². The van der Waals surface area contributed by atoms with Crippen LogP contribution in [0.2, 0.25) is 0 Å². The van der Waals surface area contributed by atoms with Gasteiger partial charge in [-0.2, -0.15) is 10.4 Å². The van der Waals surface area contributed by atoms with E-state index in [0.29, 0.717) is 11.1 Å². The number of amides is 1. The van der Waals surface area contributed by atoms with Gasteiger partial charge in [0.05, 0.1) is 27.8 Å². The maximum absolute atomic E-state index is 13.0. The molecule has 0 spiro atoms. The summed E-state index contributed by atoms with van der Waals surface area (Å²) in [7, 11) is 0. The monoisotopic (exact) mass is 382 g/mol. The highest BCUT2D eigenvalue weighted by Gasteiger charge is 2.21. The number of anilines is 1. The van der Waals surface area contributed by atoms with E-state index >= 15 is 0 Å². The highest BCUT2D eigenvalue weighted by atomic mass is 79.9. The lowest BCUT2D eigenvalue weighted by atomic mass is 10.1. The number of fused-ring (bicyclic) bond motifs is 1. The van der Waals surface area contributed by atoms with Gasteiger partial charge < -0.3 is 4.90 Å². The van der Waals surface area contributed by atoms with Crippen LogP contribution in [-0.2, 0) is 0 Å². The van der Waals surface area contributed by atoms with Gasteiger partial charge in [-0.1, -0.05) is 0 Å². The molecule has 0 radical (unpaired) electrons. The van der Waals surface area contributed by atoms with Gasteiger partial charge in [-0.3, -0.25) is 4.79 Å². The van der Waals surface area contributed by atoms with E-state index in [1.807, 2.05) is 19.9 Å². The van der Waals surface area contributed by atoms with E-state index in [9.17, 15) is 4.79 Å². The normalized spacial score (nSPS) is 10.8. The molecule has 0 aliphatic rings. The number of benzene rings is 1. The minimum absolute atomic E-state index is 0.0185. The number of hydrogen-bond acceptors (Lipinski definition) is 3. The Hall–Kier alpha value is -2.65. The van der Waals surface area contributed by atoms with E-state index in [4.69, 9.17) is 5.26 Å². The molecule has 0 bridgehead atoms. The summed E-state index contributed by atoms with van der Waals surface area (Å²) in [4.78, 5) is 14.8. The van der Waals surface area contributed by atoms with Gasteiger partial charge in [-0.25, -0.2) is 4.52 Å². The minimum Gasteiger partial charge on any atom is -0.306 e. The maximum Gasteiger partial charge on any atom is 0.258 e. The SMILES string of the molecule is CC(C)N(C(=O)c1ccn2ncc(Br)c2c1)c1ccc(C#N)cc1. The van der Waals surface area contributed by atoms with Crippen LogP contribution in [0.25, 0.3) is 5.52 Å². The topological polar surface area (TPSA) is 61.4 Å². The van der Waals surface area contributed by atoms with Crippen LogP contribution in [0, 0.1) is 11.3 Å².